The second kappa shape index (κ2) is 9.41. The first-order valence-electron chi connectivity index (χ1n) is 6.04. The average Bonchev–Trinajstić information content (AvgIpc) is 3.09. The Bertz CT molecular complexity index is 349. The molecule has 0 amide bonds. The van der Waals surface area contributed by atoms with Crippen LogP contribution in [-0.2, 0) is 0 Å². The van der Waals surface area contributed by atoms with Crippen molar-refractivity contribution in [1.29, 1.82) is 0 Å². The molecule has 17 heavy (non-hydrogen) atoms. The smallest absolute Gasteiger partial charge is 0.0163 e. The third-order valence-corrected chi connectivity index (χ3v) is 2.25. The highest BCUT2D eigenvalue weighted by Gasteiger charge is 1.73. The zero-order valence-corrected chi connectivity index (χ0v) is 10.4. The molecule has 0 N–H and O–H groups in total. The highest BCUT2D eigenvalue weighted by atomic mass is 13.8. The Hall–Kier alpha value is -1.82. The van der Waals surface area contributed by atoms with E-state index in [1.807, 2.05) is 18.2 Å². The van der Waals surface area contributed by atoms with Crippen LogP contribution >= 0.6 is 0 Å². The summed E-state index contributed by atoms with van der Waals surface area (Å²) in [5.41, 5.74) is 1.32. The van der Waals surface area contributed by atoms with Crippen molar-refractivity contribution in [3.63, 3.8) is 0 Å². The monoisotopic (exact) mass is 224 g/mol. The lowest BCUT2D eigenvalue weighted by atomic mass is 10.2. The van der Waals surface area contributed by atoms with E-state index in [-0.39, 0.29) is 0 Å². The molecule has 0 radical (unpaired) electrons. The summed E-state index contributed by atoms with van der Waals surface area (Å²) in [4.78, 5) is 0. The molecular weight excluding hydrogens is 204 g/mol. The van der Waals surface area contributed by atoms with Crippen molar-refractivity contribution < 1.29 is 0 Å². The summed E-state index contributed by atoms with van der Waals surface area (Å²) in [5.74, 6) is 0. The first-order chi connectivity index (χ1) is 8.39. The predicted molar refractivity (Wildman–Crippen MR) is 77.0 cm³/mol. The van der Waals surface area contributed by atoms with Crippen LogP contribution in [0.25, 0.3) is 0 Å². The first-order valence-corrected chi connectivity index (χ1v) is 6.04. The molecule has 0 saturated carbocycles. The van der Waals surface area contributed by atoms with Crippen molar-refractivity contribution in [2.45, 2.75) is 19.8 Å². The Morgan fingerprint density at radius 3 is 1.24 bits per heavy atom. The van der Waals surface area contributed by atoms with Crippen molar-refractivity contribution in [3.8, 4) is 0 Å². The molecule has 3 rings (SSSR count). The quantitative estimate of drug-likeness (QED) is 0.581. The van der Waals surface area contributed by atoms with Crippen LogP contribution in [0.2, 0.25) is 0 Å². The predicted octanol–water partition coefficient (Wildman–Crippen LogP) is 5.00. The molecule has 0 atom stereocenters. The van der Waals surface area contributed by atoms with Gasteiger partial charge in [-0.25, -0.2) is 0 Å². The van der Waals surface area contributed by atoms with Crippen LogP contribution in [0.4, 0.5) is 0 Å². The molecule has 1 aromatic rings. The van der Waals surface area contributed by atoms with Gasteiger partial charge in [-0.15, -0.1) is 0 Å². The normalized spacial score (nSPS) is 13.9. The maximum absolute atomic E-state index is 2.12. The largest absolute Gasteiger partial charge is 0.0808 e. The standard InChI is InChI=1S/C7H8.2C5H6/c1-7-5-3-2-4-6-7;2*1-2-4-5-3-1/h2-6H,1H3;2*1-4H,5H2. The lowest BCUT2D eigenvalue weighted by Crippen LogP contribution is -1.62. The molecule has 0 unspecified atom stereocenters. The number of hydrogen-bond acceptors (Lipinski definition) is 0. The van der Waals surface area contributed by atoms with Gasteiger partial charge in [0.05, 0.1) is 0 Å². The second-order valence-electron chi connectivity index (χ2n) is 3.84. The molecular formula is C17H20. The van der Waals surface area contributed by atoms with E-state index < -0.39 is 0 Å². The average molecular weight is 224 g/mol. The van der Waals surface area contributed by atoms with Crippen LogP contribution in [0, 0.1) is 6.92 Å². The Morgan fingerprint density at radius 1 is 0.647 bits per heavy atom. The van der Waals surface area contributed by atoms with E-state index in [9.17, 15) is 0 Å². The molecule has 0 aliphatic heterocycles. The van der Waals surface area contributed by atoms with E-state index in [4.69, 9.17) is 0 Å². The number of benzene rings is 1. The van der Waals surface area contributed by atoms with Gasteiger partial charge in [-0.05, 0) is 19.8 Å². The van der Waals surface area contributed by atoms with Gasteiger partial charge < -0.3 is 0 Å². The van der Waals surface area contributed by atoms with Gasteiger partial charge in [-0.2, -0.15) is 0 Å². The van der Waals surface area contributed by atoms with Gasteiger partial charge >= 0.3 is 0 Å². The van der Waals surface area contributed by atoms with E-state index in [1.54, 1.807) is 0 Å². The summed E-state index contributed by atoms with van der Waals surface area (Å²) in [6.07, 6.45) is 19.0. The van der Waals surface area contributed by atoms with Crippen molar-refractivity contribution in [3.05, 3.63) is 84.5 Å². The fraction of sp³-hybridized carbons (Fsp3) is 0.176. The summed E-state index contributed by atoms with van der Waals surface area (Å²) >= 11 is 0. The van der Waals surface area contributed by atoms with Gasteiger partial charge in [0.2, 0.25) is 0 Å². The van der Waals surface area contributed by atoms with Crippen LogP contribution in [-0.4, -0.2) is 0 Å². The fourth-order valence-corrected chi connectivity index (χ4v) is 1.32. The maximum Gasteiger partial charge on any atom is -0.0163 e. The Balaban J connectivity index is 0.000000130. The number of rotatable bonds is 0. The molecule has 0 heteroatoms. The first kappa shape index (κ1) is 13.2. The molecule has 0 nitrogen and oxygen atoms in total. The molecule has 0 aromatic heterocycles. The molecule has 2 aliphatic rings. The Morgan fingerprint density at radius 2 is 1.06 bits per heavy atom. The van der Waals surface area contributed by atoms with Crippen LogP contribution in [0.15, 0.2) is 78.9 Å². The van der Waals surface area contributed by atoms with Crippen LogP contribution in [0.3, 0.4) is 0 Å². The van der Waals surface area contributed by atoms with Crippen LogP contribution < -0.4 is 0 Å². The molecule has 0 saturated heterocycles. The molecule has 0 bridgehead atoms. The maximum atomic E-state index is 2.12. The molecule has 2 aliphatic carbocycles. The van der Waals surface area contributed by atoms with Crippen molar-refractivity contribution >= 4 is 0 Å². The van der Waals surface area contributed by atoms with E-state index in [0.717, 1.165) is 12.8 Å². The lowest BCUT2D eigenvalue weighted by molar-refractivity contribution is 1.45. The van der Waals surface area contributed by atoms with Gasteiger partial charge in [-0.3, -0.25) is 0 Å². The van der Waals surface area contributed by atoms with Gasteiger partial charge in [-0.1, -0.05) is 84.5 Å². The summed E-state index contributed by atoms with van der Waals surface area (Å²) in [6.45, 7) is 2.08. The summed E-state index contributed by atoms with van der Waals surface area (Å²) in [7, 11) is 0. The zero-order chi connectivity index (χ0) is 12.2. The molecule has 88 valence electrons. The summed E-state index contributed by atoms with van der Waals surface area (Å²) in [5, 5.41) is 0. The highest BCUT2D eigenvalue weighted by molar-refractivity contribution is 5.12. The minimum absolute atomic E-state index is 1.14. The molecule has 0 heterocycles. The van der Waals surface area contributed by atoms with E-state index in [1.165, 1.54) is 5.56 Å². The van der Waals surface area contributed by atoms with Gasteiger partial charge in [0, 0.05) is 0 Å². The van der Waals surface area contributed by atoms with Crippen molar-refractivity contribution in [2.75, 3.05) is 0 Å². The number of aryl methyl sites for hydroxylation is 1. The third-order valence-electron chi connectivity index (χ3n) is 2.25. The summed E-state index contributed by atoms with van der Waals surface area (Å²) < 4.78 is 0. The van der Waals surface area contributed by atoms with Crippen LogP contribution in [0.1, 0.15) is 18.4 Å². The van der Waals surface area contributed by atoms with Gasteiger partial charge in [0.1, 0.15) is 0 Å². The Labute approximate surface area is 105 Å². The SMILES string of the molecule is C1=CCC=C1.C1=CCC=C1.Cc1ccccc1. The van der Waals surface area contributed by atoms with E-state index >= 15 is 0 Å². The topological polar surface area (TPSA) is 0 Å². The van der Waals surface area contributed by atoms with Crippen LogP contribution in [0.5, 0.6) is 0 Å². The second-order valence-corrected chi connectivity index (χ2v) is 3.84. The third kappa shape index (κ3) is 8.04. The number of allylic oxidation sites excluding steroid dienone is 8. The van der Waals surface area contributed by atoms with E-state index in [0.29, 0.717) is 0 Å². The Kier molecular flexibility index (Phi) is 7.33. The number of hydrogen-bond donors (Lipinski definition) is 0. The van der Waals surface area contributed by atoms with E-state index in [2.05, 4.69) is 67.7 Å². The van der Waals surface area contributed by atoms with Crippen molar-refractivity contribution in [1.82, 2.24) is 0 Å². The zero-order valence-electron chi connectivity index (χ0n) is 10.4. The minimum Gasteiger partial charge on any atom is -0.0808 e. The molecule has 0 spiro atoms. The molecule has 1 aromatic carbocycles. The van der Waals surface area contributed by atoms with Gasteiger partial charge in [0.15, 0.2) is 0 Å². The highest BCUT2D eigenvalue weighted by Crippen LogP contribution is 1.94. The molecule has 0 fully saturated rings. The fourth-order valence-electron chi connectivity index (χ4n) is 1.32. The minimum atomic E-state index is 1.14. The van der Waals surface area contributed by atoms with Gasteiger partial charge in [0.25, 0.3) is 0 Å². The van der Waals surface area contributed by atoms with Crippen molar-refractivity contribution in [2.24, 2.45) is 0 Å². The lowest BCUT2D eigenvalue weighted by Gasteiger charge is -1.82. The summed E-state index contributed by atoms with van der Waals surface area (Å²) in [6, 6.07) is 10.3.